The molecule has 0 aliphatic rings. The number of carbonyl (C=O) groups is 1. The molecular weight excluding hydrogens is 289 g/mol. The Bertz CT molecular complexity index is 682. The number of hydrogen-bond donors (Lipinski definition) is 2. The zero-order valence-corrected chi connectivity index (χ0v) is 12.2. The van der Waals surface area contributed by atoms with Crippen LogP contribution in [0.15, 0.2) is 35.7 Å². The largest absolute Gasteiger partial charge is 0.384 e. The number of halogens is 1. The lowest BCUT2D eigenvalue weighted by Crippen LogP contribution is -2.26. The molecule has 108 valence electrons. The van der Waals surface area contributed by atoms with Crippen LogP contribution in [0.25, 0.3) is 0 Å². The van der Waals surface area contributed by atoms with E-state index in [0.29, 0.717) is 10.4 Å². The summed E-state index contributed by atoms with van der Waals surface area (Å²) in [4.78, 5) is 12.7. The fourth-order valence-electron chi connectivity index (χ4n) is 1.82. The molecule has 0 bridgehead atoms. The Kier molecular flexibility index (Phi) is 5.09. The summed E-state index contributed by atoms with van der Waals surface area (Å²) in [7, 11) is 0. The molecule has 2 rings (SSSR count). The molecular formula is C16H14FNO2S. The van der Waals surface area contributed by atoms with E-state index in [2.05, 4.69) is 17.2 Å². The van der Waals surface area contributed by atoms with Crippen LogP contribution in [0, 0.1) is 17.7 Å². The minimum Gasteiger partial charge on any atom is -0.384 e. The molecule has 0 saturated carbocycles. The number of aliphatic hydroxyl groups is 1. The minimum absolute atomic E-state index is 0.232. The van der Waals surface area contributed by atoms with E-state index in [1.807, 2.05) is 6.92 Å². The molecule has 1 amide bonds. The second kappa shape index (κ2) is 7.02. The van der Waals surface area contributed by atoms with Crippen LogP contribution in [0.4, 0.5) is 4.39 Å². The number of amides is 1. The second-order valence-corrected chi connectivity index (χ2v) is 5.29. The molecule has 0 spiro atoms. The summed E-state index contributed by atoms with van der Waals surface area (Å²) < 4.78 is 12.9. The van der Waals surface area contributed by atoms with E-state index in [9.17, 15) is 9.18 Å². The molecule has 0 saturated heterocycles. The molecule has 2 N–H and O–H groups in total. The molecule has 0 aliphatic heterocycles. The van der Waals surface area contributed by atoms with Crippen LogP contribution >= 0.6 is 11.3 Å². The minimum atomic E-state index is -0.308. The zero-order valence-electron chi connectivity index (χ0n) is 11.4. The fourth-order valence-corrected chi connectivity index (χ4v) is 2.57. The van der Waals surface area contributed by atoms with E-state index in [-0.39, 0.29) is 24.4 Å². The van der Waals surface area contributed by atoms with Gasteiger partial charge in [-0.2, -0.15) is 0 Å². The lowest BCUT2D eigenvalue weighted by atomic mass is 10.1. The molecule has 1 aromatic carbocycles. The Labute approximate surface area is 126 Å². The van der Waals surface area contributed by atoms with E-state index in [4.69, 9.17) is 5.11 Å². The van der Waals surface area contributed by atoms with E-state index in [1.54, 1.807) is 23.6 Å². The smallest absolute Gasteiger partial charge is 0.263 e. The van der Waals surface area contributed by atoms with Gasteiger partial charge in [0.25, 0.3) is 5.91 Å². The molecule has 0 fully saturated rings. The summed E-state index contributed by atoms with van der Waals surface area (Å²) in [6.07, 6.45) is 0. The van der Waals surface area contributed by atoms with Crippen molar-refractivity contribution in [2.75, 3.05) is 6.61 Å². The van der Waals surface area contributed by atoms with Crippen LogP contribution in [0.3, 0.4) is 0 Å². The maximum atomic E-state index is 12.9. The third kappa shape index (κ3) is 3.91. The quantitative estimate of drug-likeness (QED) is 0.857. The molecule has 1 heterocycles. The first-order valence-electron chi connectivity index (χ1n) is 6.35. The molecule has 3 nitrogen and oxygen atoms in total. The summed E-state index contributed by atoms with van der Waals surface area (Å²) in [6.45, 7) is 1.58. The Hall–Kier alpha value is -2.16. The van der Waals surface area contributed by atoms with Crippen molar-refractivity contribution < 1.29 is 14.3 Å². The Morgan fingerprint density at radius 1 is 1.38 bits per heavy atom. The van der Waals surface area contributed by atoms with Crippen LogP contribution < -0.4 is 5.32 Å². The number of nitrogens with one attached hydrogen (secondary N) is 1. The zero-order chi connectivity index (χ0) is 15.2. The summed E-state index contributed by atoms with van der Waals surface area (Å²) in [6, 6.07) is 7.51. The standard InChI is InChI=1S/C16H14FNO2S/c1-11(12-4-6-14(17)7-5-12)18-16(20)15-13(3-2-9-19)8-10-21-15/h4-8,10-11,19H,9H2,1H3,(H,18,20). The van der Waals surface area contributed by atoms with Gasteiger partial charge in [-0.3, -0.25) is 4.79 Å². The predicted molar refractivity (Wildman–Crippen MR) is 80.6 cm³/mol. The van der Waals surface area contributed by atoms with E-state index >= 15 is 0 Å². The fraction of sp³-hybridized carbons (Fsp3) is 0.188. The summed E-state index contributed by atoms with van der Waals surface area (Å²) >= 11 is 1.29. The van der Waals surface area contributed by atoms with Gasteiger partial charge in [-0.05, 0) is 36.1 Å². The van der Waals surface area contributed by atoms with Crippen molar-refractivity contribution in [3.05, 3.63) is 57.5 Å². The molecule has 1 unspecified atom stereocenters. The summed E-state index contributed by atoms with van der Waals surface area (Å²) in [5, 5.41) is 13.3. The van der Waals surface area contributed by atoms with Crippen molar-refractivity contribution in [1.29, 1.82) is 0 Å². The van der Waals surface area contributed by atoms with E-state index in [1.165, 1.54) is 23.5 Å². The van der Waals surface area contributed by atoms with E-state index in [0.717, 1.165) is 5.56 Å². The first-order valence-corrected chi connectivity index (χ1v) is 7.23. The van der Waals surface area contributed by atoms with Crippen molar-refractivity contribution in [3.63, 3.8) is 0 Å². The van der Waals surface area contributed by atoms with Gasteiger partial charge in [-0.1, -0.05) is 24.0 Å². The van der Waals surface area contributed by atoms with Gasteiger partial charge in [-0.25, -0.2) is 4.39 Å². The molecule has 2 aromatic rings. The molecule has 21 heavy (non-hydrogen) atoms. The van der Waals surface area contributed by atoms with Crippen LogP contribution in [0.2, 0.25) is 0 Å². The number of hydrogen-bond acceptors (Lipinski definition) is 3. The van der Waals surface area contributed by atoms with Crippen molar-refractivity contribution in [3.8, 4) is 11.8 Å². The van der Waals surface area contributed by atoms with Gasteiger partial charge in [0, 0.05) is 5.56 Å². The van der Waals surface area contributed by atoms with Crippen LogP contribution in [0.1, 0.15) is 33.8 Å². The third-order valence-corrected chi connectivity index (χ3v) is 3.80. The average molecular weight is 303 g/mol. The van der Waals surface area contributed by atoms with Crippen molar-refractivity contribution >= 4 is 17.2 Å². The van der Waals surface area contributed by atoms with Gasteiger partial charge in [0.15, 0.2) is 0 Å². The average Bonchev–Trinajstić information content (AvgIpc) is 2.94. The Morgan fingerprint density at radius 3 is 2.76 bits per heavy atom. The van der Waals surface area contributed by atoms with Gasteiger partial charge in [0.1, 0.15) is 17.3 Å². The highest BCUT2D eigenvalue weighted by atomic mass is 32.1. The Balaban J connectivity index is 2.11. The van der Waals surface area contributed by atoms with Crippen LogP contribution in [-0.4, -0.2) is 17.6 Å². The predicted octanol–water partition coefficient (Wildman–Crippen LogP) is 2.72. The highest BCUT2D eigenvalue weighted by Gasteiger charge is 2.15. The molecule has 0 radical (unpaired) electrons. The molecule has 1 aromatic heterocycles. The van der Waals surface area contributed by atoms with Gasteiger partial charge in [0.2, 0.25) is 0 Å². The summed E-state index contributed by atoms with van der Waals surface area (Å²) in [5.41, 5.74) is 1.42. The normalized spacial score (nSPS) is 11.4. The number of benzene rings is 1. The van der Waals surface area contributed by atoms with Gasteiger partial charge >= 0.3 is 0 Å². The number of thiophene rings is 1. The van der Waals surface area contributed by atoms with Crippen LogP contribution in [0.5, 0.6) is 0 Å². The highest BCUT2D eigenvalue weighted by Crippen LogP contribution is 2.18. The Morgan fingerprint density at radius 2 is 2.10 bits per heavy atom. The molecule has 5 heteroatoms. The maximum absolute atomic E-state index is 12.9. The van der Waals surface area contributed by atoms with Crippen LogP contribution in [-0.2, 0) is 0 Å². The first-order chi connectivity index (χ1) is 10.1. The number of aliphatic hydroxyl groups excluding tert-OH is 1. The third-order valence-electron chi connectivity index (χ3n) is 2.89. The molecule has 0 aliphatic carbocycles. The van der Waals surface area contributed by atoms with Gasteiger partial charge in [-0.15, -0.1) is 11.3 Å². The van der Waals surface area contributed by atoms with Crippen molar-refractivity contribution in [1.82, 2.24) is 5.32 Å². The summed E-state index contributed by atoms with van der Waals surface area (Å²) in [5.74, 6) is 4.73. The number of carbonyl (C=O) groups excluding carboxylic acids is 1. The SMILES string of the molecule is CC(NC(=O)c1sccc1C#CCO)c1ccc(F)cc1. The monoisotopic (exact) mass is 303 g/mol. The molecule has 1 atom stereocenters. The number of rotatable bonds is 3. The van der Waals surface area contributed by atoms with E-state index < -0.39 is 0 Å². The van der Waals surface area contributed by atoms with Crippen molar-refractivity contribution in [2.45, 2.75) is 13.0 Å². The van der Waals surface area contributed by atoms with Gasteiger partial charge < -0.3 is 10.4 Å². The highest BCUT2D eigenvalue weighted by molar-refractivity contribution is 7.12. The maximum Gasteiger partial charge on any atom is 0.263 e. The topological polar surface area (TPSA) is 49.3 Å². The van der Waals surface area contributed by atoms with Crippen molar-refractivity contribution in [2.24, 2.45) is 0 Å². The lowest BCUT2D eigenvalue weighted by molar-refractivity contribution is 0.0944. The second-order valence-electron chi connectivity index (χ2n) is 4.37. The van der Waals surface area contributed by atoms with Gasteiger partial charge in [0.05, 0.1) is 6.04 Å². The lowest BCUT2D eigenvalue weighted by Gasteiger charge is -2.13. The first kappa shape index (κ1) is 15.2.